The normalized spacial score (nSPS) is 17.3. The van der Waals surface area contributed by atoms with E-state index in [4.69, 9.17) is 27.9 Å². The van der Waals surface area contributed by atoms with Crippen molar-refractivity contribution < 1.29 is 4.74 Å². The zero-order chi connectivity index (χ0) is 12.1. The zero-order valence-electron chi connectivity index (χ0n) is 9.49. The summed E-state index contributed by atoms with van der Waals surface area (Å²) in [6.45, 7) is 4.90. The molecule has 1 saturated heterocycles. The van der Waals surface area contributed by atoms with Crippen molar-refractivity contribution in [3.8, 4) is 0 Å². The van der Waals surface area contributed by atoms with Crippen LogP contribution in [0.1, 0.15) is 0 Å². The summed E-state index contributed by atoms with van der Waals surface area (Å²) >= 11 is 13.7. The van der Waals surface area contributed by atoms with Gasteiger partial charge in [-0.05, 0) is 18.2 Å². The second-order valence-corrected chi connectivity index (χ2v) is 5.86. The summed E-state index contributed by atoms with van der Waals surface area (Å²) in [4.78, 5) is 3.60. The summed E-state index contributed by atoms with van der Waals surface area (Å²) in [5.74, 6) is 1.07. The fraction of sp³-hybridized carbons (Fsp3) is 0.500. The molecule has 17 heavy (non-hydrogen) atoms. The highest BCUT2D eigenvalue weighted by molar-refractivity contribution is 7.99. The van der Waals surface area contributed by atoms with Crippen LogP contribution in [-0.2, 0) is 4.74 Å². The molecule has 94 valence electrons. The predicted molar refractivity (Wildman–Crippen MR) is 74.4 cm³/mol. The van der Waals surface area contributed by atoms with Crippen LogP contribution in [0.5, 0.6) is 0 Å². The van der Waals surface area contributed by atoms with Crippen LogP contribution in [0.25, 0.3) is 0 Å². The second-order valence-electron chi connectivity index (χ2n) is 3.88. The lowest BCUT2D eigenvalue weighted by atomic mass is 10.4. The van der Waals surface area contributed by atoms with Gasteiger partial charge in [0, 0.05) is 30.3 Å². The fourth-order valence-corrected chi connectivity index (χ4v) is 3.00. The monoisotopic (exact) mass is 291 g/mol. The van der Waals surface area contributed by atoms with E-state index in [1.165, 1.54) is 4.90 Å². The molecule has 0 atom stereocenters. The van der Waals surface area contributed by atoms with Gasteiger partial charge < -0.3 is 4.74 Å². The van der Waals surface area contributed by atoms with Crippen molar-refractivity contribution in [2.24, 2.45) is 0 Å². The Morgan fingerprint density at radius 1 is 1.18 bits per heavy atom. The van der Waals surface area contributed by atoms with Gasteiger partial charge in [-0.3, -0.25) is 4.90 Å². The molecule has 1 aromatic rings. The van der Waals surface area contributed by atoms with E-state index in [9.17, 15) is 0 Å². The maximum atomic E-state index is 5.97. The fourth-order valence-electron chi connectivity index (χ4n) is 1.68. The van der Waals surface area contributed by atoms with Crippen molar-refractivity contribution in [1.82, 2.24) is 4.90 Å². The van der Waals surface area contributed by atoms with E-state index < -0.39 is 0 Å². The SMILES string of the molecule is Clc1ccc(SCCN2CCOCC2)cc1Cl. The minimum absolute atomic E-state index is 0.615. The minimum atomic E-state index is 0.615. The number of thioether (sulfide) groups is 1. The highest BCUT2D eigenvalue weighted by Gasteiger charge is 2.09. The average Bonchev–Trinajstić information content (AvgIpc) is 2.35. The zero-order valence-corrected chi connectivity index (χ0v) is 11.8. The van der Waals surface area contributed by atoms with Crippen LogP contribution in [0.3, 0.4) is 0 Å². The molecule has 0 aromatic heterocycles. The summed E-state index contributed by atoms with van der Waals surface area (Å²) in [6, 6.07) is 5.78. The highest BCUT2D eigenvalue weighted by atomic mass is 35.5. The van der Waals surface area contributed by atoms with Crippen LogP contribution in [0.15, 0.2) is 23.1 Å². The first-order valence-electron chi connectivity index (χ1n) is 5.63. The van der Waals surface area contributed by atoms with Crippen molar-refractivity contribution in [2.45, 2.75) is 4.90 Å². The van der Waals surface area contributed by atoms with Crippen LogP contribution < -0.4 is 0 Å². The number of morpholine rings is 1. The molecule has 1 heterocycles. The average molecular weight is 292 g/mol. The van der Waals surface area contributed by atoms with Crippen LogP contribution in [-0.4, -0.2) is 43.5 Å². The van der Waals surface area contributed by atoms with Crippen molar-refractivity contribution in [2.75, 3.05) is 38.6 Å². The summed E-state index contributed by atoms with van der Waals surface area (Å²) in [7, 11) is 0. The Hall–Kier alpha value is 0.0700. The molecule has 1 aliphatic rings. The smallest absolute Gasteiger partial charge is 0.0603 e. The van der Waals surface area contributed by atoms with Gasteiger partial charge in [0.15, 0.2) is 0 Å². The molecule has 5 heteroatoms. The Balaban J connectivity index is 1.75. The van der Waals surface area contributed by atoms with Gasteiger partial charge in [0.05, 0.1) is 23.3 Å². The number of benzene rings is 1. The van der Waals surface area contributed by atoms with Gasteiger partial charge in [0.25, 0.3) is 0 Å². The van der Waals surface area contributed by atoms with Crippen molar-refractivity contribution in [3.05, 3.63) is 28.2 Å². The lowest BCUT2D eigenvalue weighted by Gasteiger charge is -2.26. The van der Waals surface area contributed by atoms with Crippen molar-refractivity contribution >= 4 is 35.0 Å². The molecule has 0 unspecified atom stereocenters. The van der Waals surface area contributed by atoms with E-state index >= 15 is 0 Å². The number of ether oxygens (including phenoxy) is 1. The lowest BCUT2D eigenvalue weighted by molar-refractivity contribution is 0.0410. The Morgan fingerprint density at radius 2 is 1.94 bits per heavy atom. The molecule has 0 radical (unpaired) electrons. The predicted octanol–water partition coefficient (Wildman–Crippen LogP) is 3.42. The molecule has 0 spiro atoms. The minimum Gasteiger partial charge on any atom is -0.379 e. The first-order valence-corrected chi connectivity index (χ1v) is 7.38. The van der Waals surface area contributed by atoms with E-state index in [-0.39, 0.29) is 0 Å². The van der Waals surface area contributed by atoms with Crippen LogP contribution >= 0.6 is 35.0 Å². The number of halogens is 2. The lowest BCUT2D eigenvalue weighted by Crippen LogP contribution is -2.37. The van der Waals surface area contributed by atoms with Crippen LogP contribution in [0.2, 0.25) is 10.0 Å². The molecule has 2 rings (SSSR count). The maximum Gasteiger partial charge on any atom is 0.0603 e. The molecule has 0 amide bonds. The molecular weight excluding hydrogens is 277 g/mol. The van der Waals surface area contributed by atoms with Gasteiger partial charge >= 0.3 is 0 Å². The van der Waals surface area contributed by atoms with Gasteiger partial charge in [0.2, 0.25) is 0 Å². The summed E-state index contributed by atoms with van der Waals surface area (Å²) in [5.41, 5.74) is 0. The number of rotatable bonds is 4. The van der Waals surface area contributed by atoms with Crippen LogP contribution in [0.4, 0.5) is 0 Å². The topological polar surface area (TPSA) is 12.5 Å². The summed E-state index contributed by atoms with van der Waals surface area (Å²) in [5, 5.41) is 1.24. The van der Waals surface area contributed by atoms with Crippen molar-refractivity contribution in [1.29, 1.82) is 0 Å². The Morgan fingerprint density at radius 3 is 2.65 bits per heavy atom. The standard InChI is InChI=1S/C12H15Cl2NOS/c13-11-2-1-10(9-12(11)14)17-8-5-15-3-6-16-7-4-15/h1-2,9H,3-8H2. The third-order valence-electron chi connectivity index (χ3n) is 2.67. The van der Waals surface area contributed by atoms with E-state index in [1.807, 2.05) is 30.0 Å². The molecule has 0 aliphatic carbocycles. The third kappa shape index (κ3) is 4.34. The van der Waals surface area contributed by atoms with Crippen molar-refractivity contribution in [3.63, 3.8) is 0 Å². The van der Waals surface area contributed by atoms with Gasteiger partial charge in [-0.1, -0.05) is 23.2 Å². The Labute approximate surface area is 116 Å². The van der Waals surface area contributed by atoms with Crippen LogP contribution in [0, 0.1) is 0 Å². The van der Waals surface area contributed by atoms with Gasteiger partial charge in [-0.15, -0.1) is 11.8 Å². The Bertz CT molecular complexity index is 370. The Kier molecular flexibility index (Phi) is 5.45. The molecule has 1 aromatic carbocycles. The van der Waals surface area contributed by atoms with Gasteiger partial charge in [-0.25, -0.2) is 0 Å². The largest absolute Gasteiger partial charge is 0.379 e. The molecule has 0 N–H and O–H groups in total. The highest BCUT2D eigenvalue weighted by Crippen LogP contribution is 2.27. The molecule has 0 bridgehead atoms. The first-order chi connectivity index (χ1) is 8.25. The van der Waals surface area contributed by atoms with Gasteiger partial charge in [-0.2, -0.15) is 0 Å². The third-order valence-corrected chi connectivity index (χ3v) is 4.38. The molecule has 2 nitrogen and oxygen atoms in total. The van der Waals surface area contributed by atoms with Gasteiger partial charge in [0.1, 0.15) is 0 Å². The number of hydrogen-bond acceptors (Lipinski definition) is 3. The molecule has 1 aliphatic heterocycles. The molecule has 0 saturated carbocycles. The second kappa shape index (κ2) is 6.86. The van der Waals surface area contributed by atoms with E-state index in [1.54, 1.807) is 0 Å². The van der Waals surface area contributed by atoms with E-state index in [2.05, 4.69) is 4.90 Å². The van der Waals surface area contributed by atoms with E-state index in [0.717, 1.165) is 38.6 Å². The quantitative estimate of drug-likeness (QED) is 0.789. The maximum absolute atomic E-state index is 5.97. The number of nitrogens with zero attached hydrogens (tertiary/aromatic N) is 1. The first kappa shape index (κ1) is 13.5. The molecule has 1 fully saturated rings. The number of hydrogen-bond donors (Lipinski definition) is 0. The van der Waals surface area contributed by atoms with E-state index in [0.29, 0.717) is 10.0 Å². The summed E-state index contributed by atoms with van der Waals surface area (Å²) in [6.07, 6.45) is 0. The summed E-state index contributed by atoms with van der Waals surface area (Å²) < 4.78 is 5.31. The molecular formula is C12H15Cl2NOS.